The lowest BCUT2D eigenvalue weighted by molar-refractivity contribution is 0.413. The number of ether oxygens (including phenoxy) is 1. The summed E-state index contributed by atoms with van der Waals surface area (Å²) in [5.74, 6) is 1.41. The smallest absolute Gasteiger partial charge is 0.119 e. The molecule has 0 aliphatic heterocycles. The Morgan fingerprint density at radius 2 is 2.11 bits per heavy atom. The lowest BCUT2D eigenvalue weighted by Gasteiger charge is -2.14. The van der Waals surface area contributed by atoms with E-state index in [0.29, 0.717) is 5.92 Å². The molecule has 1 aromatic heterocycles. The summed E-state index contributed by atoms with van der Waals surface area (Å²) < 4.78 is 5.25. The van der Waals surface area contributed by atoms with Gasteiger partial charge in [0.15, 0.2) is 0 Å². The molecule has 18 heavy (non-hydrogen) atoms. The minimum Gasteiger partial charge on any atom is -0.497 e. The van der Waals surface area contributed by atoms with Crippen molar-refractivity contribution >= 4 is 11.3 Å². The molecule has 1 aromatic carbocycles. The Hall–Kier alpha value is -1.32. The van der Waals surface area contributed by atoms with E-state index >= 15 is 0 Å². The molecule has 0 spiro atoms. The summed E-state index contributed by atoms with van der Waals surface area (Å²) in [5, 5.41) is 2.12. The third-order valence-electron chi connectivity index (χ3n) is 3.06. The van der Waals surface area contributed by atoms with E-state index in [-0.39, 0.29) is 0 Å². The van der Waals surface area contributed by atoms with Crippen LogP contribution in [0.2, 0.25) is 0 Å². The summed E-state index contributed by atoms with van der Waals surface area (Å²) in [4.78, 5) is 1.41. The third-order valence-corrected chi connectivity index (χ3v) is 3.96. The number of nitrogens with two attached hydrogens (primary N) is 1. The lowest BCUT2D eigenvalue weighted by Crippen LogP contribution is -2.19. The summed E-state index contributed by atoms with van der Waals surface area (Å²) in [7, 11) is 1.70. The van der Waals surface area contributed by atoms with E-state index in [0.717, 1.165) is 25.1 Å². The molecule has 2 aromatic rings. The van der Waals surface area contributed by atoms with E-state index in [1.54, 1.807) is 18.4 Å². The minimum absolute atomic E-state index is 0.496. The van der Waals surface area contributed by atoms with Gasteiger partial charge < -0.3 is 10.5 Å². The van der Waals surface area contributed by atoms with E-state index < -0.39 is 0 Å². The zero-order valence-corrected chi connectivity index (χ0v) is 11.5. The predicted octanol–water partition coefficient (Wildman–Crippen LogP) is 3.12. The molecule has 0 radical (unpaired) electrons. The second-order valence-electron chi connectivity index (χ2n) is 4.44. The maximum absolute atomic E-state index is 5.88. The summed E-state index contributed by atoms with van der Waals surface area (Å²) >= 11 is 1.80. The zero-order chi connectivity index (χ0) is 12.8. The molecule has 0 saturated heterocycles. The van der Waals surface area contributed by atoms with Crippen LogP contribution >= 0.6 is 11.3 Å². The van der Waals surface area contributed by atoms with Crippen molar-refractivity contribution in [1.82, 2.24) is 0 Å². The molecule has 0 fully saturated rings. The van der Waals surface area contributed by atoms with Crippen LogP contribution in [-0.2, 0) is 12.8 Å². The highest BCUT2D eigenvalue weighted by Crippen LogP contribution is 2.20. The number of rotatable bonds is 6. The molecule has 1 unspecified atom stereocenters. The molecule has 2 N–H and O–H groups in total. The summed E-state index contributed by atoms with van der Waals surface area (Å²) in [6.45, 7) is 0.717. The fourth-order valence-corrected chi connectivity index (χ4v) is 2.91. The summed E-state index contributed by atoms with van der Waals surface area (Å²) in [6.07, 6.45) is 2.07. The van der Waals surface area contributed by atoms with Crippen LogP contribution in [-0.4, -0.2) is 13.7 Å². The van der Waals surface area contributed by atoms with Crippen LogP contribution in [0.1, 0.15) is 10.4 Å². The second kappa shape index (κ2) is 6.57. The first-order valence-corrected chi connectivity index (χ1v) is 7.05. The lowest BCUT2D eigenvalue weighted by atomic mass is 9.95. The highest BCUT2D eigenvalue weighted by Gasteiger charge is 2.10. The first-order chi connectivity index (χ1) is 8.81. The van der Waals surface area contributed by atoms with Crippen LogP contribution in [0.5, 0.6) is 5.75 Å². The van der Waals surface area contributed by atoms with Crippen molar-refractivity contribution in [3.8, 4) is 5.75 Å². The van der Waals surface area contributed by atoms with Crippen LogP contribution < -0.4 is 10.5 Å². The van der Waals surface area contributed by atoms with Crippen LogP contribution in [0.4, 0.5) is 0 Å². The van der Waals surface area contributed by atoms with Crippen molar-refractivity contribution in [3.05, 3.63) is 52.2 Å². The number of thiophene rings is 1. The average Bonchev–Trinajstić information content (AvgIpc) is 2.91. The van der Waals surface area contributed by atoms with Crippen molar-refractivity contribution in [2.75, 3.05) is 13.7 Å². The Morgan fingerprint density at radius 1 is 1.22 bits per heavy atom. The van der Waals surface area contributed by atoms with Gasteiger partial charge in [0.25, 0.3) is 0 Å². The fourth-order valence-electron chi connectivity index (χ4n) is 2.08. The highest BCUT2D eigenvalue weighted by molar-refractivity contribution is 7.09. The van der Waals surface area contributed by atoms with Crippen LogP contribution in [0.25, 0.3) is 0 Å². The van der Waals surface area contributed by atoms with Gasteiger partial charge in [0.05, 0.1) is 7.11 Å². The first kappa shape index (κ1) is 13.1. The Bertz CT molecular complexity index is 467. The van der Waals surface area contributed by atoms with E-state index in [2.05, 4.69) is 29.6 Å². The summed E-state index contributed by atoms with van der Waals surface area (Å²) in [6, 6.07) is 12.5. The predicted molar refractivity (Wildman–Crippen MR) is 77.3 cm³/mol. The van der Waals surface area contributed by atoms with Gasteiger partial charge in [-0.05, 0) is 54.4 Å². The Labute approximate surface area is 112 Å². The largest absolute Gasteiger partial charge is 0.497 e. The molecule has 1 heterocycles. The average molecular weight is 261 g/mol. The van der Waals surface area contributed by atoms with Crippen LogP contribution in [0, 0.1) is 5.92 Å². The van der Waals surface area contributed by atoms with Crippen molar-refractivity contribution < 1.29 is 4.74 Å². The van der Waals surface area contributed by atoms with Crippen molar-refractivity contribution in [2.24, 2.45) is 11.7 Å². The Kier molecular flexibility index (Phi) is 4.79. The Balaban J connectivity index is 2.00. The maximum atomic E-state index is 5.88. The molecule has 0 aliphatic rings. The van der Waals surface area contributed by atoms with Gasteiger partial charge in [-0.1, -0.05) is 18.2 Å². The highest BCUT2D eigenvalue weighted by atomic mass is 32.1. The van der Waals surface area contributed by atoms with Gasteiger partial charge in [0.2, 0.25) is 0 Å². The number of hydrogen-bond acceptors (Lipinski definition) is 3. The molecule has 96 valence electrons. The Morgan fingerprint density at radius 3 is 2.78 bits per heavy atom. The van der Waals surface area contributed by atoms with Gasteiger partial charge in [0.1, 0.15) is 5.75 Å². The van der Waals surface area contributed by atoms with Crippen LogP contribution in [0.15, 0.2) is 41.8 Å². The normalized spacial score (nSPS) is 12.3. The molecule has 2 rings (SSSR count). The van der Waals surface area contributed by atoms with Gasteiger partial charge in [-0.3, -0.25) is 0 Å². The minimum atomic E-state index is 0.496. The number of hydrogen-bond donors (Lipinski definition) is 1. The van der Waals surface area contributed by atoms with Gasteiger partial charge in [-0.25, -0.2) is 0 Å². The molecule has 0 amide bonds. The zero-order valence-electron chi connectivity index (χ0n) is 10.6. The van der Waals surface area contributed by atoms with Gasteiger partial charge >= 0.3 is 0 Å². The maximum Gasteiger partial charge on any atom is 0.119 e. The third kappa shape index (κ3) is 3.59. The molecule has 2 nitrogen and oxygen atoms in total. The SMILES string of the molecule is COc1cccc(CC(CN)Cc2cccs2)c1. The van der Waals surface area contributed by atoms with E-state index in [9.17, 15) is 0 Å². The number of methoxy groups -OCH3 is 1. The quantitative estimate of drug-likeness (QED) is 0.867. The van der Waals surface area contributed by atoms with E-state index in [4.69, 9.17) is 10.5 Å². The van der Waals surface area contributed by atoms with Gasteiger partial charge in [0, 0.05) is 4.88 Å². The molecule has 1 atom stereocenters. The fraction of sp³-hybridized carbons (Fsp3) is 0.333. The van der Waals surface area contributed by atoms with Crippen molar-refractivity contribution in [2.45, 2.75) is 12.8 Å². The van der Waals surface area contributed by atoms with E-state index in [1.165, 1.54) is 10.4 Å². The number of benzene rings is 1. The topological polar surface area (TPSA) is 35.2 Å². The second-order valence-corrected chi connectivity index (χ2v) is 5.47. The van der Waals surface area contributed by atoms with Gasteiger partial charge in [-0.2, -0.15) is 0 Å². The monoisotopic (exact) mass is 261 g/mol. The van der Waals surface area contributed by atoms with Crippen molar-refractivity contribution in [3.63, 3.8) is 0 Å². The van der Waals surface area contributed by atoms with Crippen molar-refractivity contribution in [1.29, 1.82) is 0 Å². The van der Waals surface area contributed by atoms with E-state index in [1.807, 2.05) is 12.1 Å². The molecule has 0 aliphatic carbocycles. The standard InChI is InChI=1S/C15H19NOS/c1-17-14-5-2-4-12(9-14)8-13(11-16)10-15-6-3-7-18-15/h2-7,9,13H,8,10-11,16H2,1H3. The van der Waals surface area contributed by atoms with Crippen LogP contribution in [0.3, 0.4) is 0 Å². The molecular weight excluding hydrogens is 242 g/mol. The molecule has 3 heteroatoms. The molecule has 0 saturated carbocycles. The van der Waals surface area contributed by atoms with Gasteiger partial charge in [-0.15, -0.1) is 11.3 Å². The first-order valence-electron chi connectivity index (χ1n) is 6.17. The summed E-state index contributed by atoms with van der Waals surface area (Å²) in [5.41, 5.74) is 7.17. The molecule has 0 bridgehead atoms. The molecular formula is C15H19NOS.